The summed E-state index contributed by atoms with van der Waals surface area (Å²) in [5.74, 6) is 0.453. The van der Waals surface area contributed by atoms with Crippen LogP contribution in [0.25, 0.3) is 0 Å². The Kier molecular flexibility index (Phi) is 5.54. The molecule has 1 aliphatic carbocycles. The van der Waals surface area contributed by atoms with Crippen molar-refractivity contribution in [3.05, 3.63) is 48.0 Å². The van der Waals surface area contributed by atoms with E-state index in [0.717, 1.165) is 19.3 Å². The molecule has 1 atom stereocenters. The van der Waals surface area contributed by atoms with Gasteiger partial charge in [0.05, 0.1) is 12.2 Å². The summed E-state index contributed by atoms with van der Waals surface area (Å²) in [6.07, 6.45) is 8.29. The topological polar surface area (TPSA) is 43.4 Å². The molecule has 0 amide bonds. The summed E-state index contributed by atoms with van der Waals surface area (Å²) in [7, 11) is 0. The van der Waals surface area contributed by atoms with Crippen molar-refractivity contribution in [3.8, 4) is 0 Å². The second-order valence-electron chi connectivity index (χ2n) is 5.11. The zero-order valence-corrected chi connectivity index (χ0v) is 11.6. The van der Waals surface area contributed by atoms with Crippen LogP contribution >= 0.6 is 0 Å². The van der Waals surface area contributed by atoms with Gasteiger partial charge in [-0.15, -0.1) is 0 Å². The van der Waals surface area contributed by atoms with Gasteiger partial charge >= 0.3 is 5.97 Å². The van der Waals surface area contributed by atoms with E-state index in [9.17, 15) is 9.59 Å². The molecule has 106 valence electrons. The molecule has 1 aromatic rings. The molecule has 3 heteroatoms. The molecule has 0 aromatic heterocycles. The Morgan fingerprint density at radius 2 is 2.10 bits per heavy atom. The number of ether oxygens (including phenoxy) is 1. The lowest BCUT2D eigenvalue weighted by molar-refractivity contribution is -0.121. The number of allylic oxidation sites excluding steroid dienone is 1. The monoisotopic (exact) mass is 272 g/mol. The smallest absolute Gasteiger partial charge is 0.338 e. The minimum absolute atomic E-state index is 0.285. The number of carbonyl (C=O) groups is 2. The average Bonchev–Trinajstić information content (AvgIpc) is 2.48. The van der Waals surface area contributed by atoms with Crippen molar-refractivity contribution in [3.63, 3.8) is 0 Å². The number of benzene rings is 1. The number of rotatable bonds is 5. The highest BCUT2D eigenvalue weighted by molar-refractivity contribution is 5.89. The standard InChI is InChI=1S/C17H20O3/c18-16-11-6-8-14(13-16)7-4-5-12-20-17(19)15-9-2-1-3-10-15/h1-4,7,9-10,14H,5-6,8,11-13H2/b7-4+. The molecule has 0 bridgehead atoms. The molecule has 0 radical (unpaired) electrons. The van der Waals surface area contributed by atoms with Gasteiger partial charge in [-0.05, 0) is 37.3 Å². The van der Waals surface area contributed by atoms with Crippen molar-refractivity contribution < 1.29 is 14.3 Å². The van der Waals surface area contributed by atoms with Crippen LogP contribution in [0.5, 0.6) is 0 Å². The lowest BCUT2D eigenvalue weighted by Crippen LogP contribution is -2.12. The highest BCUT2D eigenvalue weighted by Gasteiger charge is 2.16. The Morgan fingerprint density at radius 1 is 1.30 bits per heavy atom. The first-order valence-electron chi connectivity index (χ1n) is 7.16. The number of esters is 1. The van der Waals surface area contributed by atoms with Crippen molar-refractivity contribution in [2.24, 2.45) is 5.92 Å². The third-order valence-corrected chi connectivity index (χ3v) is 3.46. The zero-order valence-electron chi connectivity index (χ0n) is 11.6. The van der Waals surface area contributed by atoms with Crippen molar-refractivity contribution >= 4 is 11.8 Å². The lowest BCUT2D eigenvalue weighted by atomic mass is 9.88. The number of carbonyl (C=O) groups excluding carboxylic acids is 2. The minimum Gasteiger partial charge on any atom is -0.462 e. The van der Waals surface area contributed by atoms with E-state index in [2.05, 4.69) is 6.08 Å². The quantitative estimate of drug-likeness (QED) is 0.468. The Hall–Kier alpha value is -1.90. The van der Waals surface area contributed by atoms with Crippen LogP contribution in [-0.4, -0.2) is 18.4 Å². The van der Waals surface area contributed by atoms with E-state index >= 15 is 0 Å². The second kappa shape index (κ2) is 7.63. The van der Waals surface area contributed by atoms with Gasteiger partial charge in [0.1, 0.15) is 5.78 Å². The maximum Gasteiger partial charge on any atom is 0.338 e. The van der Waals surface area contributed by atoms with Gasteiger partial charge in [-0.2, -0.15) is 0 Å². The van der Waals surface area contributed by atoms with E-state index in [-0.39, 0.29) is 5.97 Å². The SMILES string of the molecule is O=C1CCCC(/C=C/CCOC(=O)c2ccccc2)C1. The molecular formula is C17H20O3. The highest BCUT2D eigenvalue weighted by Crippen LogP contribution is 2.22. The van der Waals surface area contributed by atoms with Gasteiger partial charge in [0, 0.05) is 12.8 Å². The van der Waals surface area contributed by atoms with Crippen molar-refractivity contribution in [2.75, 3.05) is 6.61 Å². The fourth-order valence-corrected chi connectivity index (χ4v) is 2.39. The van der Waals surface area contributed by atoms with Crippen LogP contribution in [0.1, 0.15) is 42.5 Å². The second-order valence-corrected chi connectivity index (χ2v) is 5.11. The molecule has 0 heterocycles. The molecular weight excluding hydrogens is 252 g/mol. The first kappa shape index (κ1) is 14.5. The summed E-state index contributed by atoms with van der Waals surface area (Å²) in [6, 6.07) is 8.98. The van der Waals surface area contributed by atoms with E-state index < -0.39 is 0 Å². The molecule has 1 unspecified atom stereocenters. The summed E-state index contributed by atoms with van der Waals surface area (Å²) >= 11 is 0. The maximum atomic E-state index is 11.7. The van der Waals surface area contributed by atoms with Crippen LogP contribution in [0.3, 0.4) is 0 Å². The maximum absolute atomic E-state index is 11.7. The molecule has 2 rings (SSSR count). The van der Waals surface area contributed by atoms with E-state index in [1.54, 1.807) is 12.1 Å². The summed E-state index contributed by atoms with van der Waals surface area (Å²) in [4.78, 5) is 23.0. The van der Waals surface area contributed by atoms with E-state index in [4.69, 9.17) is 4.74 Å². The first-order valence-corrected chi connectivity index (χ1v) is 7.16. The molecule has 3 nitrogen and oxygen atoms in total. The first-order chi connectivity index (χ1) is 9.75. The molecule has 1 saturated carbocycles. The summed E-state index contributed by atoms with van der Waals surface area (Å²) in [5, 5.41) is 0. The largest absolute Gasteiger partial charge is 0.462 e. The van der Waals surface area contributed by atoms with Gasteiger partial charge in [0.2, 0.25) is 0 Å². The fourth-order valence-electron chi connectivity index (χ4n) is 2.39. The van der Waals surface area contributed by atoms with Gasteiger partial charge in [-0.1, -0.05) is 30.4 Å². The summed E-state index contributed by atoms with van der Waals surface area (Å²) in [5.41, 5.74) is 0.578. The Balaban J connectivity index is 1.66. The van der Waals surface area contributed by atoms with E-state index in [1.165, 1.54) is 0 Å². The van der Waals surface area contributed by atoms with Crippen LogP contribution in [0.15, 0.2) is 42.5 Å². The molecule has 1 fully saturated rings. The lowest BCUT2D eigenvalue weighted by Gasteiger charge is -2.16. The van der Waals surface area contributed by atoms with Crippen molar-refractivity contribution in [1.29, 1.82) is 0 Å². The normalized spacial score (nSPS) is 19.2. The predicted molar refractivity (Wildman–Crippen MR) is 77.4 cm³/mol. The molecule has 0 spiro atoms. The third kappa shape index (κ3) is 4.65. The molecule has 0 aliphatic heterocycles. The van der Waals surface area contributed by atoms with E-state index in [1.807, 2.05) is 24.3 Å². The number of hydrogen-bond acceptors (Lipinski definition) is 3. The number of Topliss-reactive ketones (excluding diaryl/α,β-unsaturated/α-hetero) is 1. The Bertz CT molecular complexity index is 476. The fraction of sp³-hybridized carbons (Fsp3) is 0.412. The summed E-state index contributed by atoms with van der Waals surface area (Å²) in [6.45, 7) is 0.380. The summed E-state index contributed by atoms with van der Waals surface area (Å²) < 4.78 is 5.18. The van der Waals surface area contributed by atoms with Crippen LogP contribution in [-0.2, 0) is 9.53 Å². The Morgan fingerprint density at radius 3 is 2.85 bits per heavy atom. The van der Waals surface area contributed by atoms with Gasteiger partial charge < -0.3 is 4.74 Å². The van der Waals surface area contributed by atoms with Crippen LogP contribution in [0, 0.1) is 5.92 Å². The average molecular weight is 272 g/mol. The molecule has 20 heavy (non-hydrogen) atoms. The van der Waals surface area contributed by atoms with Crippen molar-refractivity contribution in [2.45, 2.75) is 32.1 Å². The predicted octanol–water partition coefficient (Wildman–Crippen LogP) is 3.55. The Labute approximate surface area is 119 Å². The molecule has 0 saturated heterocycles. The van der Waals surface area contributed by atoms with Gasteiger partial charge in [-0.25, -0.2) is 4.79 Å². The number of ketones is 1. The van der Waals surface area contributed by atoms with E-state index in [0.29, 0.717) is 36.7 Å². The third-order valence-electron chi connectivity index (χ3n) is 3.46. The highest BCUT2D eigenvalue weighted by atomic mass is 16.5. The van der Waals surface area contributed by atoms with Crippen LogP contribution in [0.2, 0.25) is 0 Å². The van der Waals surface area contributed by atoms with Crippen molar-refractivity contribution in [1.82, 2.24) is 0 Å². The van der Waals surface area contributed by atoms with Gasteiger partial charge in [0.25, 0.3) is 0 Å². The zero-order chi connectivity index (χ0) is 14.2. The molecule has 0 N–H and O–H groups in total. The van der Waals surface area contributed by atoms with Gasteiger partial charge in [0.15, 0.2) is 0 Å². The van der Waals surface area contributed by atoms with Crippen LogP contribution < -0.4 is 0 Å². The molecule has 1 aliphatic rings. The number of hydrogen-bond donors (Lipinski definition) is 0. The van der Waals surface area contributed by atoms with Gasteiger partial charge in [-0.3, -0.25) is 4.79 Å². The molecule has 1 aromatic carbocycles. The van der Waals surface area contributed by atoms with Crippen LogP contribution in [0.4, 0.5) is 0 Å². The minimum atomic E-state index is -0.285.